The highest BCUT2D eigenvalue weighted by Gasteiger charge is 2.21. The van der Waals surface area contributed by atoms with E-state index in [9.17, 15) is 4.79 Å². The topological polar surface area (TPSA) is 59.2 Å². The number of rotatable bonds is 5. The minimum atomic E-state index is -0.258. The highest BCUT2D eigenvalue weighted by molar-refractivity contribution is 5.89. The van der Waals surface area contributed by atoms with Gasteiger partial charge in [-0.1, -0.05) is 48.5 Å². The molecule has 0 aliphatic carbocycles. The molecule has 0 saturated heterocycles. The van der Waals surface area contributed by atoms with Crippen molar-refractivity contribution in [2.24, 2.45) is 0 Å². The number of hydrogen-bond acceptors (Lipinski definition) is 4. The van der Waals surface area contributed by atoms with E-state index >= 15 is 0 Å². The lowest BCUT2D eigenvalue weighted by Gasteiger charge is -2.18. The molecule has 0 spiro atoms. The summed E-state index contributed by atoms with van der Waals surface area (Å²) in [6, 6.07) is 19.2. The highest BCUT2D eigenvalue weighted by atomic mass is 16.4. The minimum Gasteiger partial charge on any atom is -0.412 e. The zero-order chi connectivity index (χ0) is 16.1. The first-order chi connectivity index (χ1) is 11.3. The van der Waals surface area contributed by atoms with Gasteiger partial charge in [0.2, 0.25) is 5.89 Å². The summed E-state index contributed by atoms with van der Waals surface area (Å²) in [5.74, 6) is 0.109. The van der Waals surface area contributed by atoms with Crippen molar-refractivity contribution >= 4 is 5.91 Å². The van der Waals surface area contributed by atoms with E-state index in [2.05, 4.69) is 10.2 Å². The van der Waals surface area contributed by atoms with Crippen LogP contribution < -0.4 is 0 Å². The van der Waals surface area contributed by atoms with Gasteiger partial charge in [0.15, 0.2) is 0 Å². The normalized spacial score (nSPS) is 10.5. The van der Waals surface area contributed by atoms with Gasteiger partial charge in [-0.2, -0.15) is 0 Å². The van der Waals surface area contributed by atoms with Crippen LogP contribution in [0.15, 0.2) is 65.1 Å². The van der Waals surface area contributed by atoms with E-state index in [1.54, 1.807) is 4.90 Å². The van der Waals surface area contributed by atoms with Crippen molar-refractivity contribution in [1.82, 2.24) is 15.1 Å². The summed E-state index contributed by atoms with van der Waals surface area (Å²) in [5, 5.41) is 7.86. The van der Waals surface area contributed by atoms with Crippen LogP contribution in [0.5, 0.6) is 0 Å². The first-order valence-electron chi connectivity index (χ1n) is 7.50. The number of carbonyl (C=O) groups is 1. The standard InChI is InChI=1S/C18H17N3O2/c1-2-21(13-14-9-5-3-6-10-14)18(22)17-20-19-16(23-17)15-11-7-4-8-12-15/h3-12H,2,13H2,1H3. The van der Waals surface area contributed by atoms with Gasteiger partial charge in [0.25, 0.3) is 0 Å². The Morgan fingerprint density at radius 2 is 1.65 bits per heavy atom. The number of aromatic nitrogens is 2. The van der Waals surface area contributed by atoms with Crippen molar-refractivity contribution in [2.45, 2.75) is 13.5 Å². The van der Waals surface area contributed by atoms with Gasteiger partial charge in [0, 0.05) is 18.7 Å². The van der Waals surface area contributed by atoms with Crippen LogP contribution in [0.4, 0.5) is 0 Å². The fourth-order valence-corrected chi connectivity index (χ4v) is 2.27. The Labute approximate surface area is 134 Å². The average molecular weight is 307 g/mol. The molecule has 116 valence electrons. The molecular formula is C18H17N3O2. The SMILES string of the molecule is CCN(Cc1ccccc1)C(=O)c1nnc(-c2ccccc2)o1. The van der Waals surface area contributed by atoms with E-state index in [0.717, 1.165) is 11.1 Å². The molecule has 0 unspecified atom stereocenters. The fourth-order valence-electron chi connectivity index (χ4n) is 2.27. The lowest BCUT2D eigenvalue weighted by Crippen LogP contribution is -2.30. The molecular weight excluding hydrogens is 290 g/mol. The fraction of sp³-hybridized carbons (Fsp3) is 0.167. The summed E-state index contributed by atoms with van der Waals surface area (Å²) in [7, 11) is 0. The Bertz CT molecular complexity index is 769. The van der Waals surface area contributed by atoms with Crippen LogP contribution in [0.1, 0.15) is 23.2 Å². The van der Waals surface area contributed by atoms with Gasteiger partial charge in [-0.3, -0.25) is 4.79 Å². The molecule has 0 atom stereocenters. The van der Waals surface area contributed by atoms with Crippen LogP contribution in [-0.4, -0.2) is 27.5 Å². The Hall–Kier alpha value is -2.95. The Balaban J connectivity index is 1.78. The van der Waals surface area contributed by atoms with Crippen LogP contribution >= 0.6 is 0 Å². The molecule has 3 aromatic rings. The summed E-state index contributed by atoms with van der Waals surface area (Å²) >= 11 is 0. The molecule has 1 aromatic heterocycles. The zero-order valence-corrected chi connectivity index (χ0v) is 12.8. The molecule has 23 heavy (non-hydrogen) atoms. The predicted molar refractivity (Wildman–Crippen MR) is 86.6 cm³/mol. The molecule has 3 rings (SSSR count). The Morgan fingerprint density at radius 3 is 2.30 bits per heavy atom. The van der Waals surface area contributed by atoms with Gasteiger partial charge in [-0.25, -0.2) is 0 Å². The number of nitrogens with zero attached hydrogens (tertiary/aromatic N) is 3. The molecule has 0 bridgehead atoms. The van der Waals surface area contributed by atoms with E-state index in [-0.39, 0.29) is 11.8 Å². The number of hydrogen-bond donors (Lipinski definition) is 0. The molecule has 1 heterocycles. The molecule has 5 nitrogen and oxygen atoms in total. The average Bonchev–Trinajstić information content (AvgIpc) is 3.11. The van der Waals surface area contributed by atoms with Crippen molar-refractivity contribution in [3.63, 3.8) is 0 Å². The first kappa shape index (κ1) is 15.0. The third-order valence-electron chi connectivity index (χ3n) is 3.51. The summed E-state index contributed by atoms with van der Waals surface area (Å²) in [5.41, 5.74) is 1.86. The summed E-state index contributed by atoms with van der Waals surface area (Å²) in [6.45, 7) is 3.01. The Kier molecular flexibility index (Phi) is 4.47. The van der Waals surface area contributed by atoms with Gasteiger partial charge >= 0.3 is 11.8 Å². The second-order valence-corrected chi connectivity index (χ2v) is 5.08. The molecule has 5 heteroatoms. The van der Waals surface area contributed by atoms with Gasteiger partial charge in [0.05, 0.1) is 0 Å². The maximum atomic E-state index is 12.6. The quantitative estimate of drug-likeness (QED) is 0.725. The summed E-state index contributed by atoms with van der Waals surface area (Å²) in [4.78, 5) is 14.2. The van der Waals surface area contributed by atoms with Crippen molar-refractivity contribution in [1.29, 1.82) is 0 Å². The van der Waals surface area contributed by atoms with Crippen LogP contribution in [0.3, 0.4) is 0 Å². The molecule has 0 radical (unpaired) electrons. The van der Waals surface area contributed by atoms with Gasteiger partial charge in [-0.05, 0) is 24.6 Å². The van der Waals surface area contributed by atoms with Crippen LogP contribution in [0, 0.1) is 0 Å². The predicted octanol–water partition coefficient (Wildman–Crippen LogP) is 3.40. The van der Waals surface area contributed by atoms with Crippen LogP contribution in [-0.2, 0) is 6.54 Å². The summed E-state index contributed by atoms with van der Waals surface area (Å²) < 4.78 is 5.54. The molecule has 0 fully saturated rings. The lowest BCUT2D eigenvalue weighted by molar-refractivity contribution is 0.0713. The molecule has 0 saturated carbocycles. The second kappa shape index (κ2) is 6.87. The smallest absolute Gasteiger partial charge is 0.311 e. The lowest BCUT2D eigenvalue weighted by atomic mass is 10.2. The number of amides is 1. The largest absolute Gasteiger partial charge is 0.412 e. The van der Waals surface area contributed by atoms with Crippen molar-refractivity contribution in [2.75, 3.05) is 6.54 Å². The Morgan fingerprint density at radius 1 is 1.00 bits per heavy atom. The number of benzene rings is 2. The van der Waals surface area contributed by atoms with Crippen molar-refractivity contribution in [3.05, 3.63) is 72.1 Å². The van der Waals surface area contributed by atoms with E-state index in [1.807, 2.05) is 67.6 Å². The molecule has 0 aliphatic heterocycles. The van der Waals surface area contributed by atoms with Gasteiger partial charge in [-0.15, -0.1) is 10.2 Å². The molecule has 0 aliphatic rings. The highest BCUT2D eigenvalue weighted by Crippen LogP contribution is 2.18. The monoisotopic (exact) mass is 307 g/mol. The molecule has 0 N–H and O–H groups in total. The second-order valence-electron chi connectivity index (χ2n) is 5.08. The molecule has 2 aromatic carbocycles. The van der Waals surface area contributed by atoms with Crippen molar-refractivity contribution in [3.8, 4) is 11.5 Å². The van der Waals surface area contributed by atoms with Crippen LogP contribution in [0.2, 0.25) is 0 Å². The van der Waals surface area contributed by atoms with Gasteiger partial charge < -0.3 is 9.32 Å². The maximum absolute atomic E-state index is 12.6. The molecule has 1 amide bonds. The minimum absolute atomic E-state index is 0.0154. The van der Waals surface area contributed by atoms with E-state index in [1.165, 1.54) is 0 Å². The maximum Gasteiger partial charge on any atom is 0.311 e. The van der Waals surface area contributed by atoms with Crippen LogP contribution in [0.25, 0.3) is 11.5 Å². The summed E-state index contributed by atoms with van der Waals surface area (Å²) in [6.07, 6.45) is 0. The zero-order valence-electron chi connectivity index (χ0n) is 12.8. The third kappa shape index (κ3) is 3.45. The van der Waals surface area contributed by atoms with Gasteiger partial charge in [0.1, 0.15) is 0 Å². The van der Waals surface area contributed by atoms with E-state index < -0.39 is 0 Å². The first-order valence-corrected chi connectivity index (χ1v) is 7.50. The van der Waals surface area contributed by atoms with E-state index in [4.69, 9.17) is 4.42 Å². The third-order valence-corrected chi connectivity index (χ3v) is 3.51. The van der Waals surface area contributed by atoms with E-state index in [0.29, 0.717) is 19.0 Å². The number of carbonyl (C=O) groups excluding carboxylic acids is 1. The van der Waals surface area contributed by atoms with Crippen molar-refractivity contribution < 1.29 is 9.21 Å².